The van der Waals surface area contributed by atoms with Gasteiger partial charge in [-0.3, -0.25) is 0 Å². The van der Waals surface area contributed by atoms with Gasteiger partial charge in [0.2, 0.25) is 0 Å². The predicted octanol–water partition coefficient (Wildman–Crippen LogP) is 2.54. The third kappa shape index (κ3) is 1.49. The Kier molecular flexibility index (Phi) is 2.44. The van der Waals surface area contributed by atoms with Crippen LogP contribution in [0.4, 0.5) is 0 Å². The zero-order chi connectivity index (χ0) is 10.1. The van der Waals surface area contributed by atoms with E-state index >= 15 is 0 Å². The largest absolute Gasteiger partial charge is 0.439 e. The summed E-state index contributed by atoms with van der Waals surface area (Å²) >= 11 is 5.95. The molecule has 0 saturated carbocycles. The summed E-state index contributed by atoms with van der Waals surface area (Å²) < 4.78 is 5.53. The van der Waals surface area contributed by atoms with E-state index in [-0.39, 0.29) is 5.92 Å². The number of benzene rings is 1. The van der Waals surface area contributed by atoms with Crippen molar-refractivity contribution in [2.24, 2.45) is 5.73 Å². The van der Waals surface area contributed by atoms with Gasteiger partial charge in [-0.2, -0.15) is 0 Å². The van der Waals surface area contributed by atoms with Crippen molar-refractivity contribution >= 4 is 22.7 Å². The van der Waals surface area contributed by atoms with Crippen LogP contribution in [-0.4, -0.2) is 11.5 Å². The number of oxazole rings is 1. The van der Waals surface area contributed by atoms with E-state index in [0.717, 1.165) is 5.52 Å². The third-order valence-electron chi connectivity index (χ3n) is 2.16. The number of fused-ring (bicyclic) bond motifs is 1. The molecule has 0 bridgehead atoms. The van der Waals surface area contributed by atoms with Crippen molar-refractivity contribution in [2.45, 2.75) is 12.8 Å². The molecule has 1 aromatic carbocycles. The molecule has 1 unspecified atom stereocenters. The summed E-state index contributed by atoms with van der Waals surface area (Å²) in [7, 11) is 0. The highest BCUT2D eigenvalue weighted by Gasteiger charge is 2.13. The Morgan fingerprint density at radius 1 is 1.57 bits per heavy atom. The van der Waals surface area contributed by atoms with E-state index in [0.29, 0.717) is 23.0 Å². The monoisotopic (exact) mass is 210 g/mol. The molecule has 1 heterocycles. The topological polar surface area (TPSA) is 52.0 Å². The number of halogens is 1. The Labute approximate surface area is 86.9 Å². The van der Waals surface area contributed by atoms with E-state index in [4.69, 9.17) is 21.8 Å². The maximum Gasteiger partial charge on any atom is 0.199 e. The highest BCUT2D eigenvalue weighted by atomic mass is 35.5. The van der Waals surface area contributed by atoms with Crippen molar-refractivity contribution in [3.63, 3.8) is 0 Å². The molecule has 74 valence electrons. The van der Waals surface area contributed by atoms with Crippen molar-refractivity contribution in [2.75, 3.05) is 6.54 Å². The van der Waals surface area contributed by atoms with E-state index in [1.807, 2.05) is 19.1 Å². The predicted molar refractivity (Wildman–Crippen MR) is 56.5 cm³/mol. The first-order valence-corrected chi connectivity index (χ1v) is 4.85. The lowest BCUT2D eigenvalue weighted by molar-refractivity contribution is 0.489. The summed E-state index contributed by atoms with van der Waals surface area (Å²) in [6, 6.07) is 5.51. The fraction of sp³-hybridized carbons (Fsp3) is 0.300. The third-order valence-corrected chi connectivity index (χ3v) is 2.46. The van der Waals surface area contributed by atoms with Gasteiger partial charge in [0.25, 0.3) is 0 Å². The van der Waals surface area contributed by atoms with E-state index in [1.54, 1.807) is 6.07 Å². The van der Waals surface area contributed by atoms with Crippen LogP contribution in [0.2, 0.25) is 5.02 Å². The molecular formula is C10H11ClN2O. The van der Waals surface area contributed by atoms with Gasteiger partial charge in [-0.1, -0.05) is 24.6 Å². The molecule has 4 heteroatoms. The van der Waals surface area contributed by atoms with Gasteiger partial charge in [0.1, 0.15) is 5.52 Å². The van der Waals surface area contributed by atoms with Gasteiger partial charge in [0.05, 0.1) is 5.02 Å². The molecule has 3 nitrogen and oxygen atoms in total. The van der Waals surface area contributed by atoms with Crippen LogP contribution in [0.5, 0.6) is 0 Å². The van der Waals surface area contributed by atoms with E-state index in [1.165, 1.54) is 0 Å². The van der Waals surface area contributed by atoms with E-state index in [9.17, 15) is 0 Å². The molecule has 2 rings (SSSR count). The number of nitrogens with two attached hydrogens (primary N) is 1. The molecule has 0 spiro atoms. The molecular weight excluding hydrogens is 200 g/mol. The summed E-state index contributed by atoms with van der Waals surface area (Å²) in [4.78, 5) is 4.31. The zero-order valence-corrected chi connectivity index (χ0v) is 8.58. The molecule has 1 atom stereocenters. The minimum Gasteiger partial charge on any atom is -0.439 e. The molecule has 0 saturated heterocycles. The second-order valence-corrected chi connectivity index (χ2v) is 3.68. The molecule has 2 aromatic rings. The van der Waals surface area contributed by atoms with E-state index in [2.05, 4.69) is 4.98 Å². The van der Waals surface area contributed by atoms with Gasteiger partial charge in [-0.25, -0.2) is 4.98 Å². The van der Waals surface area contributed by atoms with Gasteiger partial charge >= 0.3 is 0 Å². The van der Waals surface area contributed by atoms with Gasteiger partial charge < -0.3 is 10.2 Å². The first kappa shape index (κ1) is 9.49. The first-order chi connectivity index (χ1) is 6.72. The Morgan fingerprint density at radius 3 is 3.00 bits per heavy atom. The Bertz CT molecular complexity index is 452. The molecule has 0 aliphatic heterocycles. The molecule has 0 radical (unpaired) electrons. The second-order valence-electron chi connectivity index (χ2n) is 3.28. The lowest BCUT2D eigenvalue weighted by atomic mass is 10.2. The summed E-state index contributed by atoms with van der Waals surface area (Å²) in [5.74, 6) is 0.772. The highest BCUT2D eigenvalue weighted by molar-refractivity contribution is 6.34. The van der Waals surface area contributed by atoms with Crippen LogP contribution in [0.3, 0.4) is 0 Å². The minimum atomic E-state index is 0.124. The van der Waals surface area contributed by atoms with Crippen LogP contribution in [0.25, 0.3) is 11.1 Å². The van der Waals surface area contributed by atoms with Crippen LogP contribution < -0.4 is 5.73 Å². The van der Waals surface area contributed by atoms with Gasteiger partial charge in [0.15, 0.2) is 11.5 Å². The van der Waals surface area contributed by atoms with Crippen LogP contribution in [0.1, 0.15) is 18.7 Å². The SMILES string of the molecule is CC(CN)c1nc2cccc(Cl)c2o1. The lowest BCUT2D eigenvalue weighted by Gasteiger charge is -2.00. The summed E-state index contributed by atoms with van der Waals surface area (Å²) in [5, 5.41) is 0.588. The van der Waals surface area contributed by atoms with Crippen LogP contribution in [0, 0.1) is 0 Å². The summed E-state index contributed by atoms with van der Waals surface area (Å²) in [5.41, 5.74) is 6.96. The Hall–Kier alpha value is -1.06. The maximum absolute atomic E-state index is 5.95. The smallest absolute Gasteiger partial charge is 0.199 e. The molecule has 14 heavy (non-hydrogen) atoms. The number of nitrogens with zero attached hydrogens (tertiary/aromatic N) is 1. The van der Waals surface area contributed by atoms with Crippen LogP contribution in [0.15, 0.2) is 22.6 Å². The molecule has 1 aromatic heterocycles. The average Bonchev–Trinajstić information content (AvgIpc) is 2.62. The number of para-hydroxylation sites is 1. The lowest BCUT2D eigenvalue weighted by Crippen LogP contribution is -2.08. The fourth-order valence-corrected chi connectivity index (χ4v) is 1.45. The first-order valence-electron chi connectivity index (χ1n) is 4.47. The Morgan fingerprint density at radius 2 is 2.36 bits per heavy atom. The number of hydrogen-bond acceptors (Lipinski definition) is 3. The van der Waals surface area contributed by atoms with Crippen molar-refractivity contribution in [1.29, 1.82) is 0 Å². The molecule has 2 N–H and O–H groups in total. The normalized spacial score (nSPS) is 13.4. The average molecular weight is 211 g/mol. The van der Waals surface area contributed by atoms with Crippen LogP contribution in [-0.2, 0) is 0 Å². The molecule has 0 fully saturated rings. The number of aromatic nitrogens is 1. The van der Waals surface area contributed by atoms with Crippen LogP contribution >= 0.6 is 11.6 Å². The van der Waals surface area contributed by atoms with Gasteiger partial charge in [-0.05, 0) is 12.1 Å². The van der Waals surface area contributed by atoms with Gasteiger partial charge in [0, 0.05) is 12.5 Å². The van der Waals surface area contributed by atoms with Gasteiger partial charge in [-0.15, -0.1) is 0 Å². The maximum atomic E-state index is 5.95. The molecule has 0 amide bonds. The van der Waals surface area contributed by atoms with Crippen molar-refractivity contribution in [3.8, 4) is 0 Å². The molecule has 0 aliphatic rings. The standard InChI is InChI=1S/C10H11ClN2O/c1-6(5-12)10-13-8-4-2-3-7(11)9(8)14-10/h2-4,6H,5,12H2,1H3. The Balaban J connectivity index is 2.56. The highest BCUT2D eigenvalue weighted by Crippen LogP contribution is 2.26. The minimum absolute atomic E-state index is 0.124. The van der Waals surface area contributed by atoms with Crippen molar-refractivity contribution in [1.82, 2.24) is 4.98 Å². The van der Waals surface area contributed by atoms with E-state index < -0.39 is 0 Å². The fourth-order valence-electron chi connectivity index (χ4n) is 1.24. The quantitative estimate of drug-likeness (QED) is 0.829. The van der Waals surface area contributed by atoms with Crippen molar-refractivity contribution < 1.29 is 4.42 Å². The van der Waals surface area contributed by atoms with Crippen molar-refractivity contribution in [3.05, 3.63) is 29.1 Å². The summed E-state index contributed by atoms with van der Waals surface area (Å²) in [6.45, 7) is 2.49. The number of hydrogen-bond donors (Lipinski definition) is 1. The summed E-state index contributed by atoms with van der Waals surface area (Å²) in [6.07, 6.45) is 0. The molecule has 0 aliphatic carbocycles. The second kappa shape index (κ2) is 3.59. The zero-order valence-electron chi connectivity index (χ0n) is 7.83. The number of rotatable bonds is 2.